The molecule has 0 spiro atoms. The highest BCUT2D eigenvalue weighted by molar-refractivity contribution is 5.84. The van der Waals surface area contributed by atoms with E-state index >= 15 is 0 Å². The van der Waals surface area contributed by atoms with Crippen molar-refractivity contribution in [1.29, 1.82) is 0 Å². The number of unbranched alkanes of at least 4 members (excludes halogenated alkanes) is 1. The van der Waals surface area contributed by atoms with Crippen molar-refractivity contribution in [3.8, 4) is 0 Å². The molecule has 19 heavy (non-hydrogen) atoms. The highest BCUT2D eigenvalue weighted by Crippen LogP contribution is 2.25. The van der Waals surface area contributed by atoms with Gasteiger partial charge in [0.05, 0.1) is 12.2 Å². The second-order valence-corrected chi connectivity index (χ2v) is 6.03. The van der Waals surface area contributed by atoms with Crippen LogP contribution in [0.15, 0.2) is 0 Å². The van der Waals surface area contributed by atoms with E-state index in [1.165, 1.54) is 12.8 Å². The summed E-state index contributed by atoms with van der Waals surface area (Å²) in [6.07, 6.45) is 7.20. The Morgan fingerprint density at radius 1 is 1.37 bits per heavy atom. The van der Waals surface area contributed by atoms with E-state index in [4.69, 9.17) is 0 Å². The van der Waals surface area contributed by atoms with E-state index in [0.29, 0.717) is 5.91 Å². The van der Waals surface area contributed by atoms with E-state index in [2.05, 4.69) is 36.0 Å². The first-order valence-electron chi connectivity index (χ1n) is 7.94. The molecule has 1 amide bonds. The second kappa shape index (κ2) is 6.71. The molecule has 1 heterocycles. The van der Waals surface area contributed by atoms with Crippen LogP contribution >= 0.6 is 0 Å². The van der Waals surface area contributed by atoms with Crippen LogP contribution in [-0.2, 0) is 4.79 Å². The zero-order chi connectivity index (χ0) is 13.8. The molecule has 0 aromatic heterocycles. The van der Waals surface area contributed by atoms with Crippen LogP contribution in [0.2, 0.25) is 0 Å². The smallest absolute Gasteiger partial charge is 0.241 e. The van der Waals surface area contributed by atoms with E-state index in [0.717, 1.165) is 44.8 Å². The third kappa shape index (κ3) is 3.69. The maximum absolute atomic E-state index is 12.4. The second-order valence-electron chi connectivity index (χ2n) is 6.03. The summed E-state index contributed by atoms with van der Waals surface area (Å²) in [5, 5.41) is 3.50. The minimum absolute atomic E-state index is 0.0659. The van der Waals surface area contributed by atoms with Crippen molar-refractivity contribution >= 4 is 5.91 Å². The molecule has 2 atom stereocenters. The molecule has 1 aliphatic carbocycles. The number of likely N-dealkylation sites (N-methyl/N-ethyl adjacent to an activating group) is 1. The van der Waals surface area contributed by atoms with Gasteiger partial charge in [-0.3, -0.25) is 10.1 Å². The number of amides is 1. The SMILES string of the molecule is CCCCC1NC(CC)N(CCN(C)C2CC2)C1=O. The highest BCUT2D eigenvalue weighted by Gasteiger charge is 2.37. The summed E-state index contributed by atoms with van der Waals surface area (Å²) < 4.78 is 0. The largest absolute Gasteiger partial charge is 0.325 e. The Kier molecular flexibility index (Phi) is 5.22. The quantitative estimate of drug-likeness (QED) is 0.728. The van der Waals surface area contributed by atoms with E-state index in [9.17, 15) is 4.79 Å². The molecule has 2 aliphatic rings. The van der Waals surface area contributed by atoms with E-state index < -0.39 is 0 Å². The van der Waals surface area contributed by atoms with Crippen LogP contribution in [0, 0.1) is 0 Å². The van der Waals surface area contributed by atoms with Gasteiger partial charge < -0.3 is 9.80 Å². The summed E-state index contributed by atoms with van der Waals surface area (Å²) in [6, 6.07) is 0.845. The number of nitrogens with zero attached hydrogens (tertiary/aromatic N) is 2. The summed E-state index contributed by atoms with van der Waals surface area (Å²) in [5.41, 5.74) is 0. The molecule has 4 heteroatoms. The molecule has 2 rings (SSSR count). The van der Waals surface area contributed by atoms with Crippen molar-refractivity contribution in [1.82, 2.24) is 15.1 Å². The van der Waals surface area contributed by atoms with Gasteiger partial charge in [0.25, 0.3) is 0 Å². The van der Waals surface area contributed by atoms with Crippen LogP contribution in [0.3, 0.4) is 0 Å². The molecule has 2 unspecified atom stereocenters. The minimum Gasteiger partial charge on any atom is -0.325 e. The third-order valence-corrected chi connectivity index (χ3v) is 4.45. The maximum atomic E-state index is 12.4. The minimum atomic E-state index is 0.0659. The van der Waals surface area contributed by atoms with Gasteiger partial charge in [0.1, 0.15) is 0 Å². The van der Waals surface area contributed by atoms with Crippen molar-refractivity contribution in [2.24, 2.45) is 0 Å². The first-order valence-corrected chi connectivity index (χ1v) is 7.94. The fourth-order valence-electron chi connectivity index (χ4n) is 2.93. The van der Waals surface area contributed by atoms with Gasteiger partial charge in [-0.25, -0.2) is 0 Å². The van der Waals surface area contributed by atoms with Crippen LogP contribution in [0.4, 0.5) is 0 Å². The molecule has 0 bridgehead atoms. The lowest BCUT2D eigenvalue weighted by Gasteiger charge is -2.26. The fraction of sp³-hybridized carbons (Fsp3) is 0.933. The van der Waals surface area contributed by atoms with Gasteiger partial charge in [-0.2, -0.15) is 0 Å². The molecular formula is C15H29N3O. The molecule has 0 aromatic carbocycles. The van der Waals surface area contributed by atoms with Crippen LogP contribution in [-0.4, -0.2) is 54.1 Å². The van der Waals surface area contributed by atoms with Gasteiger partial charge in [0.2, 0.25) is 5.91 Å². The number of nitrogens with one attached hydrogen (secondary N) is 1. The Morgan fingerprint density at radius 2 is 2.11 bits per heavy atom. The zero-order valence-electron chi connectivity index (χ0n) is 12.7. The van der Waals surface area contributed by atoms with Gasteiger partial charge in [0, 0.05) is 19.1 Å². The average molecular weight is 267 g/mol. The Balaban J connectivity index is 1.83. The number of rotatable bonds is 8. The first-order chi connectivity index (χ1) is 9.17. The van der Waals surface area contributed by atoms with Gasteiger partial charge >= 0.3 is 0 Å². The summed E-state index contributed by atoms with van der Waals surface area (Å²) in [5.74, 6) is 0.324. The molecular weight excluding hydrogens is 238 g/mol. The Bertz CT molecular complexity index is 304. The topological polar surface area (TPSA) is 35.6 Å². The van der Waals surface area contributed by atoms with Gasteiger partial charge in [-0.1, -0.05) is 26.7 Å². The zero-order valence-corrected chi connectivity index (χ0v) is 12.7. The summed E-state index contributed by atoms with van der Waals surface area (Å²) in [7, 11) is 2.18. The Morgan fingerprint density at radius 3 is 2.68 bits per heavy atom. The van der Waals surface area contributed by atoms with Gasteiger partial charge in [-0.15, -0.1) is 0 Å². The third-order valence-electron chi connectivity index (χ3n) is 4.45. The molecule has 1 saturated carbocycles. The van der Waals surface area contributed by atoms with E-state index in [1.54, 1.807) is 0 Å². The predicted molar refractivity (Wildman–Crippen MR) is 77.9 cm³/mol. The Hall–Kier alpha value is -0.610. The van der Waals surface area contributed by atoms with Crippen molar-refractivity contribution in [3.63, 3.8) is 0 Å². The molecule has 2 fully saturated rings. The molecule has 0 aromatic rings. The number of hydrogen-bond donors (Lipinski definition) is 1. The predicted octanol–water partition coefficient (Wildman–Crippen LogP) is 1.81. The number of carbonyl (C=O) groups excluding carboxylic acids is 1. The van der Waals surface area contributed by atoms with E-state index in [1.807, 2.05) is 0 Å². The van der Waals surface area contributed by atoms with Crippen LogP contribution in [0.25, 0.3) is 0 Å². The Labute approximate surface area is 117 Å². The monoisotopic (exact) mass is 267 g/mol. The highest BCUT2D eigenvalue weighted by atomic mass is 16.2. The van der Waals surface area contributed by atoms with Crippen LogP contribution in [0.1, 0.15) is 52.4 Å². The first kappa shape index (κ1) is 14.8. The van der Waals surface area contributed by atoms with E-state index in [-0.39, 0.29) is 12.2 Å². The molecule has 1 N–H and O–H groups in total. The standard InChI is InChI=1S/C15H29N3O/c1-4-6-7-13-15(19)18(14(5-2)16-13)11-10-17(3)12-8-9-12/h12-14,16H,4-11H2,1-3H3. The number of hydrogen-bond acceptors (Lipinski definition) is 3. The van der Waals surface area contributed by atoms with Crippen molar-refractivity contribution < 1.29 is 4.79 Å². The lowest BCUT2D eigenvalue weighted by molar-refractivity contribution is -0.130. The summed E-state index contributed by atoms with van der Waals surface area (Å²) in [4.78, 5) is 16.9. The van der Waals surface area contributed by atoms with Gasteiger partial charge in [0.15, 0.2) is 0 Å². The molecule has 1 aliphatic heterocycles. The average Bonchev–Trinajstić information content (AvgIpc) is 3.21. The molecule has 0 radical (unpaired) electrons. The normalized spacial score (nSPS) is 27.6. The maximum Gasteiger partial charge on any atom is 0.241 e. The van der Waals surface area contributed by atoms with Crippen LogP contribution < -0.4 is 5.32 Å². The summed E-state index contributed by atoms with van der Waals surface area (Å²) in [6.45, 7) is 6.22. The van der Waals surface area contributed by atoms with Crippen molar-refractivity contribution in [2.45, 2.75) is 70.6 Å². The summed E-state index contributed by atoms with van der Waals surface area (Å²) >= 11 is 0. The van der Waals surface area contributed by atoms with Crippen LogP contribution in [0.5, 0.6) is 0 Å². The molecule has 4 nitrogen and oxygen atoms in total. The van der Waals surface area contributed by atoms with Crippen molar-refractivity contribution in [2.75, 3.05) is 20.1 Å². The van der Waals surface area contributed by atoms with Crippen molar-refractivity contribution in [3.05, 3.63) is 0 Å². The molecule has 1 saturated heterocycles. The number of carbonyl (C=O) groups is 1. The molecule has 110 valence electrons. The van der Waals surface area contributed by atoms with Gasteiger partial charge in [-0.05, 0) is 32.7 Å². The fourth-order valence-corrected chi connectivity index (χ4v) is 2.93. The lowest BCUT2D eigenvalue weighted by atomic mass is 10.1. The lowest BCUT2D eigenvalue weighted by Crippen LogP contribution is -2.41.